The van der Waals surface area contributed by atoms with Crippen molar-refractivity contribution in [3.8, 4) is 5.13 Å². The zero-order chi connectivity index (χ0) is 16.4. The second kappa shape index (κ2) is 7.33. The molecule has 4 rings (SSSR count). The minimum absolute atomic E-state index is 0.274. The Bertz CT molecular complexity index is 639. The van der Waals surface area contributed by atoms with E-state index in [0.29, 0.717) is 0 Å². The molecule has 0 saturated carbocycles. The van der Waals surface area contributed by atoms with E-state index in [4.69, 9.17) is 4.74 Å². The predicted molar refractivity (Wildman–Crippen MR) is 93.5 cm³/mol. The molecule has 130 valence electrons. The van der Waals surface area contributed by atoms with Crippen molar-refractivity contribution in [3.05, 3.63) is 35.6 Å². The van der Waals surface area contributed by atoms with E-state index in [1.54, 1.807) is 11.3 Å². The van der Waals surface area contributed by atoms with E-state index in [-0.39, 0.29) is 12.1 Å². The van der Waals surface area contributed by atoms with Gasteiger partial charge in [-0.15, -0.1) is 11.3 Å². The topological polar surface area (TPSA) is 53.8 Å². The van der Waals surface area contributed by atoms with E-state index < -0.39 is 0 Å². The molecule has 24 heavy (non-hydrogen) atoms. The molecule has 2 atom stereocenters. The van der Waals surface area contributed by atoms with Gasteiger partial charge in [0.2, 0.25) is 0 Å². The molecule has 2 fully saturated rings. The first-order valence-electron chi connectivity index (χ1n) is 8.59. The van der Waals surface area contributed by atoms with Crippen LogP contribution in [0.2, 0.25) is 0 Å². The lowest BCUT2D eigenvalue weighted by Gasteiger charge is -2.43. The molecular weight excluding hydrogens is 324 g/mol. The molecule has 0 unspecified atom stereocenters. The number of rotatable bonds is 4. The normalized spacial score (nSPS) is 26.7. The van der Waals surface area contributed by atoms with Crippen LogP contribution >= 0.6 is 11.3 Å². The molecule has 0 bridgehead atoms. The SMILES string of the molecule is O[C@@H]1CN(Cc2cccn2-c2nccs2)CC[C@H]1N1CCOCC1. The second-order valence-electron chi connectivity index (χ2n) is 6.49. The molecule has 2 aromatic rings. The van der Waals surface area contributed by atoms with E-state index >= 15 is 0 Å². The fourth-order valence-corrected chi connectivity index (χ4v) is 4.42. The van der Waals surface area contributed by atoms with Gasteiger partial charge in [0.15, 0.2) is 5.13 Å². The summed E-state index contributed by atoms with van der Waals surface area (Å²) in [6.07, 6.45) is 4.62. The number of hydrogen-bond acceptors (Lipinski definition) is 6. The highest BCUT2D eigenvalue weighted by Gasteiger charge is 2.33. The highest BCUT2D eigenvalue weighted by atomic mass is 32.1. The first-order valence-corrected chi connectivity index (χ1v) is 9.47. The van der Waals surface area contributed by atoms with Crippen molar-refractivity contribution in [2.45, 2.75) is 25.1 Å². The number of aliphatic hydroxyl groups excluding tert-OH is 1. The van der Waals surface area contributed by atoms with Crippen molar-refractivity contribution >= 4 is 11.3 Å². The molecule has 7 heteroatoms. The zero-order valence-electron chi connectivity index (χ0n) is 13.8. The maximum Gasteiger partial charge on any atom is 0.193 e. The van der Waals surface area contributed by atoms with Gasteiger partial charge in [-0.25, -0.2) is 4.98 Å². The number of likely N-dealkylation sites (tertiary alicyclic amines) is 1. The van der Waals surface area contributed by atoms with Gasteiger partial charge in [-0.3, -0.25) is 14.4 Å². The summed E-state index contributed by atoms with van der Waals surface area (Å²) in [5.74, 6) is 0. The Balaban J connectivity index is 1.38. The number of piperidine rings is 1. The van der Waals surface area contributed by atoms with Crippen molar-refractivity contribution in [1.82, 2.24) is 19.4 Å². The molecule has 2 aliphatic heterocycles. The van der Waals surface area contributed by atoms with Crippen molar-refractivity contribution < 1.29 is 9.84 Å². The molecule has 6 nitrogen and oxygen atoms in total. The van der Waals surface area contributed by atoms with Gasteiger partial charge in [-0.05, 0) is 18.6 Å². The van der Waals surface area contributed by atoms with Gasteiger partial charge >= 0.3 is 0 Å². The van der Waals surface area contributed by atoms with E-state index in [0.717, 1.165) is 57.5 Å². The third-order valence-corrected chi connectivity index (χ3v) is 5.76. The van der Waals surface area contributed by atoms with E-state index in [9.17, 15) is 5.11 Å². The van der Waals surface area contributed by atoms with Crippen LogP contribution in [0.4, 0.5) is 0 Å². The number of morpholine rings is 1. The molecule has 0 amide bonds. The maximum absolute atomic E-state index is 10.6. The number of aromatic nitrogens is 2. The lowest BCUT2D eigenvalue weighted by Crippen LogP contribution is -2.56. The van der Waals surface area contributed by atoms with Crippen LogP contribution in [0.25, 0.3) is 5.13 Å². The molecule has 1 N–H and O–H groups in total. The Hall–Kier alpha value is -1.25. The summed E-state index contributed by atoms with van der Waals surface area (Å²) in [5.41, 5.74) is 1.22. The van der Waals surface area contributed by atoms with Crippen molar-refractivity contribution in [2.75, 3.05) is 39.4 Å². The highest BCUT2D eigenvalue weighted by Crippen LogP contribution is 2.22. The minimum Gasteiger partial charge on any atom is -0.390 e. The van der Waals surface area contributed by atoms with Gasteiger partial charge in [0.1, 0.15) is 0 Å². The van der Waals surface area contributed by atoms with Crippen molar-refractivity contribution in [2.24, 2.45) is 0 Å². The van der Waals surface area contributed by atoms with Crippen molar-refractivity contribution in [1.29, 1.82) is 0 Å². The highest BCUT2D eigenvalue weighted by molar-refractivity contribution is 7.12. The van der Waals surface area contributed by atoms with E-state index in [1.165, 1.54) is 5.69 Å². The Morgan fingerprint density at radius 2 is 2.17 bits per heavy atom. The van der Waals surface area contributed by atoms with Crippen LogP contribution in [0.5, 0.6) is 0 Å². The summed E-state index contributed by atoms with van der Waals surface area (Å²) in [4.78, 5) is 9.14. The number of hydrogen-bond donors (Lipinski definition) is 1. The Morgan fingerprint density at radius 1 is 1.29 bits per heavy atom. The van der Waals surface area contributed by atoms with Crippen LogP contribution in [0.1, 0.15) is 12.1 Å². The minimum atomic E-state index is -0.292. The van der Waals surface area contributed by atoms with Gasteiger partial charge in [-0.1, -0.05) is 0 Å². The molecule has 2 aromatic heterocycles. The molecule has 2 saturated heterocycles. The number of nitrogens with zero attached hydrogens (tertiary/aromatic N) is 4. The molecule has 0 aromatic carbocycles. The molecule has 2 aliphatic rings. The molecular formula is C17H24N4O2S. The molecule has 4 heterocycles. The molecule has 0 radical (unpaired) electrons. The van der Waals surface area contributed by atoms with Gasteiger partial charge in [0.25, 0.3) is 0 Å². The lowest BCUT2D eigenvalue weighted by molar-refractivity contribution is -0.0536. The van der Waals surface area contributed by atoms with Crippen LogP contribution in [0.3, 0.4) is 0 Å². The quantitative estimate of drug-likeness (QED) is 0.900. The predicted octanol–water partition coefficient (Wildman–Crippen LogP) is 1.20. The van der Waals surface area contributed by atoms with Crippen LogP contribution < -0.4 is 0 Å². The van der Waals surface area contributed by atoms with E-state index in [1.807, 2.05) is 11.6 Å². The first kappa shape index (κ1) is 16.2. The van der Waals surface area contributed by atoms with Crippen LogP contribution in [0, 0.1) is 0 Å². The van der Waals surface area contributed by atoms with Gasteiger partial charge in [0.05, 0.1) is 19.3 Å². The Kier molecular flexibility index (Phi) is 4.96. The Labute approximate surface area is 146 Å². The maximum atomic E-state index is 10.6. The van der Waals surface area contributed by atoms with Crippen molar-refractivity contribution in [3.63, 3.8) is 0 Å². The van der Waals surface area contributed by atoms with Gasteiger partial charge in [-0.2, -0.15) is 0 Å². The summed E-state index contributed by atoms with van der Waals surface area (Å²) in [6.45, 7) is 6.04. The smallest absolute Gasteiger partial charge is 0.193 e. The monoisotopic (exact) mass is 348 g/mol. The number of thiazole rings is 1. The second-order valence-corrected chi connectivity index (χ2v) is 7.36. The van der Waals surface area contributed by atoms with E-state index in [2.05, 4.69) is 37.7 Å². The average molecular weight is 348 g/mol. The van der Waals surface area contributed by atoms with Crippen LogP contribution in [-0.2, 0) is 11.3 Å². The number of aliphatic hydroxyl groups is 1. The van der Waals surface area contributed by atoms with Crippen LogP contribution in [-0.4, -0.2) is 76.0 Å². The fraction of sp³-hybridized carbons (Fsp3) is 0.588. The average Bonchev–Trinajstić information content (AvgIpc) is 3.27. The third kappa shape index (κ3) is 3.41. The third-order valence-electron chi connectivity index (χ3n) is 4.99. The fourth-order valence-electron chi connectivity index (χ4n) is 3.76. The van der Waals surface area contributed by atoms with Gasteiger partial charge in [0, 0.05) is 62.2 Å². The lowest BCUT2D eigenvalue weighted by atomic mass is 9.99. The number of β-amino-alcohol motifs (C(OH)–C–C–N with tert-alkyl or cyclic N) is 1. The number of ether oxygens (including phenoxy) is 1. The first-order chi connectivity index (χ1) is 11.8. The summed E-state index contributed by atoms with van der Waals surface area (Å²) >= 11 is 1.64. The molecule has 0 aliphatic carbocycles. The Morgan fingerprint density at radius 3 is 2.92 bits per heavy atom. The largest absolute Gasteiger partial charge is 0.390 e. The summed E-state index contributed by atoms with van der Waals surface area (Å²) in [7, 11) is 0. The summed E-state index contributed by atoms with van der Waals surface area (Å²) in [5, 5.41) is 13.6. The standard InChI is InChI=1S/C17H24N4O2S/c22-16-13-19(6-3-15(16)20-7-9-23-10-8-20)12-14-2-1-5-21(14)17-18-4-11-24-17/h1-2,4-5,11,15-16,22H,3,6-10,12-13H2/t15-,16-/m1/s1. The molecule has 0 spiro atoms. The van der Waals surface area contributed by atoms with Crippen LogP contribution in [0.15, 0.2) is 29.9 Å². The zero-order valence-corrected chi connectivity index (χ0v) is 14.6. The van der Waals surface area contributed by atoms with Gasteiger partial charge < -0.3 is 9.84 Å². The summed E-state index contributed by atoms with van der Waals surface area (Å²) in [6, 6.07) is 4.48. The summed E-state index contributed by atoms with van der Waals surface area (Å²) < 4.78 is 7.57.